The third-order valence-electron chi connectivity index (χ3n) is 3.30. The van der Waals surface area contributed by atoms with E-state index in [0.717, 1.165) is 17.7 Å². The zero-order valence-corrected chi connectivity index (χ0v) is 13.5. The van der Waals surface area contributed by atoms with E-state index in [1.807, 2.05) is 31.2 Å². The fourth-order valence-electron chi connectivity index (χ4n) is 2.07. The number of carbonyl (C=O) groups is 2. The van der Waals surface area contributed by atoms with E-state index in [-0.39, 0.29) is 11.8 Å². The second-order valence-corrected chi connectivity index (χ2v) is 5.79. The summed E-state index contributed by atoms with van der Waals surface area (Å²) in [6.07, 6.45) is 1.30. The third-order valence-corrected chi connectivity index (χ3v) is 3.30. The maximum Gasteiger partial charge on any atom is 0.223 e. The summed E-state index contributed by atoms with van der Waals surface area (Å²) < 4.78 is 0. The zero-order chi connectivity index (χ0) is 15.8. The van der Waals surface area contributed by atoms with Gasteiger partial charge in [-0.15, -0.1) is 0 Å². The molecular weight excluding hydrogens is 264 g/mol. The number of amides is 2. The number of benzene rings is 1. The lowest BCUT2D eigenvalue weighted by Gasteiger charge is -2.21. The number of nitrogens with zero attached hydrogens (tertiary/aromatic N) is 1. The fourth-order valence-corrected chi connectivity index (χ4v) is 2.07. The molecular formula is C17H26N2O2. The lowest BCUT2D eigenvalue weighted by Crippen LogP contribution is -2.34. The van der Waals surface area contributed by atoms with Crippen LogP contribution in [0.3, 0.4) is 0 Å². The van der Waals surface area contributed by atoms with Crippen molar-refractivity contribution in [3.8, 4) is 0 Å². The minimum atomic E-state index is -0.0458. The highest BCUT2D eigenvalue weighted by molar-refractivity contribution is 5.92. The van der Waals surface area contributed by atoms with Crippen LogP contribution in [0.25, 0.3) is 0 Å². The van der Waals surface area contributed by atoms with E-state index in [2.05, 4.69) is 19.2 Å². The van der Waals surface area contributed by atoms with Gasteiger partial charge >= 0.3 is 0 Å². The van der Waals surface area contributed by atoms with Crippen LogP contribution in [0.2, 0.25) is 0 Å². The molecule has 0 aromatic heterocycles. The Morgan fingerprint density at radius 3 is 2.57 bits per heavy atom. The van der Waals surface area contributed by atoms with Crippen molar-refractivity contribution in [2.24, 2.45) is 5.92 Å². The van der Waals surface area contributed by atoms with Crippen LogP contribution < -0.4 is 10.2 Å². The summed E-state index contributed by atoms with van der Waals surface area (Å²) >= 11 is 0. The van der Waals surface area contributed by atoms with E-state index in [4.69, 9.17) is 0 Å². The third kappa shape index (κ3) is 6.43. The van der Waals surface area contributed by atoms with E-state index >= 15 is 0 Å². The van der Waals surface area contributed by atoms with Gasteiger partial charge in [0.2, 0.25) is 11.8 Å². The summed E-state index contributed by atoms with van der Waals surface area (Å²) in [5.41, 5.74) is 1.94. The zero-order valence-electron chi connectivity index (χ0n) is 13.5. The Hall–Kier alpha value is -1.84. The minimum Gasteiger partial charge on any atom is -0.356 e. The van der Waals surface area contributed by atoms with Gasteiger partial charge in [0, 0.05) is 32.1 Å². The van der Waals surface area contributed by atoms with Crippen molar-refractivity contribution < 1.29 is 9.59 Å². The molecule has 1 aromatic carbocycles. The molecule has 1 N–H and O–H groups in total. The molecule has 0 aliphatic carbocycles. The van der Waals surface area contributed by atoms with Crippen LogP contribution in [0.15, 0.2) is 24.3 Å². The highest BCUT2D eigenvalue weighted by Crippen LogP contribution is 2.16. The molecule has 1 aromatic rings. The number of hydrogen-bond donors (Lipinski definition) is 1. The topological polar surface area (TPSA) is 49.4 Å². The molecule has 1 rings (SSSR count). The molecule has 0 aliphatic rings. The first-order valence-electron chi connectivity index (χ1n) is 7.51. The lowest BCUT2D eigenvalue weighted by molar-refractivity contribution is -0.121. The van der Waals surface area contributed by atoms with E-state index in [1.165, 1.54) is 6.92 Å². The monoisotopic (exact) mass is 290 g/mol. The predicted molar refractivity (Wildman–Crippen MR) is 86.3 cm³/mol. The van der Waals surface area contributed by atoms with Gasteiger partial charge in [-0.3, -0.25) is 9.59 Å². The molecule has 0 atom stereocenters. The molecule has 0 fully saturated rings. The number of rotatable bonds is 7. The second-order valence-electron chi connectivity index (χ2n) is 5.79. The summed E-state index contributed by atoms with van der Waals surface area (Å²) in [5.74, 6) is 0.524. The molecule has 0 heterocycles. The van der Waals surface area contributed by atoms with E-state index < -0.39 is 0 Å². The van der Waals surface area contributed by atoms with Crippen molar-refractivity contribution in [1.29, 1.82) is 0 Å². The molecule has 4 heteroatoms. The van der Waals surface area contributed by atoms with Crippen LogP contribution in [-0.2, 0) is 9.59 Å². The second kappa shape index (κ2) is 8.45. The molecule has 0 saturated carbocycles. The Morgan fingerprint density at radius 2 is 2.00 bits per heavy atom. The van der Waals surface area contributed by atoms with Crippen molar-refractivity contribution in [3.63, 3.8) is 0 Å². The predicted octanol–water partition coefficient (Wildman–Crippen LogP) is 2.90. The molecule has 0 radical (unpaired) electrons. The van der Waals surface area contributed by atoms with Crippen LogP contribution in [0.4, 0.5) is 5.69 Å². The maximum absolute atomic E-state index is 11.8. The van der Waals surface area contributed by atoms with Gasteiger partial charge < -0.3 is 10.2 Å². The summed E-state index contributed by atoms with van der Waals surface area (Å²) in [6, 6.07) is 7.76. The van der Waals surface area contributed by atoms with Gasteiger partial charge in [-0.2, -0.15) is 0 Å². The molecule has 0 saturated heterocycles. The quantitative estimate of drug-likeness (QED) is 0.839. The number of carbonyl (C=O) groups excluding carboxylic acids is 2. The molecule has 0 bridgehead atoms. The fraction of sp³-hybridized carbons (Fsp3) is 0.529. The van der Waals surface area contributed by atoms with Crippen LogP contribution in [-0.4, -0.2) is 24.9 Å². The minimum absolute atomic E-state index is 0.00504. The largest absolute Gasteiger partial charge is 0.356 e. The Balaban J connectivity index is 2.52. The number of anilines is 1. The molecule has 0 aliphatic heterocycles. The smallest absolute Gasteiger partial charge is 0.223 e. The van der Waals surface area contributed by atoms with Gasteiger partial charge in [0.25, 0.3) is 0 Å². The summed E-state index contributed by atoms with van der Waals surface area (Å²) in [7, 11) is 0. The van der Waals surface area contributed by atoms with Gasteiger partial charge in [-0.25, -0.2) is 0 Å². The molecule has 116 valence electrons. The number of nitrogens with one attached hydrogen (secondary N) is 1. The molecule has 2 amide bonds. The van der Waals surface area contributed by atoms with Gasteiger partial charge in [-0.05, 0) is 37.0 Å². The van der Waals surface area contributed by atoms with Crippen molar-refractivity contribution in [1.82, 2.24) is 5.32 Å². The lowest BCUT2D eigenvalue weighted by atomic mass is 10.1. The Morgan fingerprint density at radius 1 is 1.29 bits per heavy atom. The van der Waals surface area contributed by atoms with Crippen LogP contribution in [0, 0.1) is 12.8 Å². The Labute approximate surface area is 127 Å². The normalized spacial score (nSPS) is 10.5. The van der Waals surface area contributed by atoms with Crippen LogP contribution in [0.1, 0.15) is 39.2 Å². The average Bonchev–Trinajstić information content (AvgIpc) is 2.38. The van der Waals surface area contributed by atoms with Crippen molar-refractivity contribution in [2.75, 3.05) is 18.0 Å². The Bertz CT molecular complexity index is 483. The molecule has 0 spiro atoms. The van der Waals surface area contributed by atoms with Gasteiger partial charge in [0.1, 0.15) is 0 Å². The summed E-state index contributed by atoms with van der Waals surface area (Å²) in [5, 5.41) is 2.89. The Kier molecular flexibility index (Phi) is 6.92. The highest BCUT2D eigenvalue weighted by Gasteiger charge is 2.13. The van der Waals surface area contributed by atoms with E-state index in [0.29, 0.717) is 25.4 Å². The van der Waals surface area contributed by atoms with Crippen molar-refractivity contribution in [3.05, 3.63) is 29.8 Å². The standard InChI is InChI=1S/C17H26N2O2/c1-13(2)8-10-18-17(21)9-11-19(15(4)20)16-7-5-6-14(3)12-16/h5-7,12-13H,8-11H2,1-4H3,(H,18,21). The summed E-state index contributed by atoms with van der Waals surface area (Å²) in [4.78, 5) is 25.2. The average molecular weight is 290 g/mol. The van der Waals surface area contributed by atoms with Gasteiger partial charge in [0.05, 0.1) is 0 Å². The molecule has 4 nitrogen and oxygen atoms in total. The number of hydrogen-bond acceptors (Lipinski definition) is 2. The molecule has 0 unspecified atom stereocenters. The first kappa shape index (κ1) is 17.2. The highest BCUT2D eigenvalue weighted by atomic mass is 16.2. The maximum atomic E-state index is 11.8. The molecule has 21 heavy (non-hydrogen) atoms. The number of aryl methyl sites for hydroxylation is 1. The van der Waals surface area contributed by atoms with Crippen molar-refractivity contribution in [2.45, 2.75) is 40.5 Å². The van der Waals surface area contributed by atoms with E-state index in [1.54, 1.807) is 4.90 Å². The van der Waals surface area contributed by atoms with Crippen LogP contribution in [0.5, 0.6) is 0 Å². The first-order chi connectivity index (χ1) is 9.90. The first-order valence-corrected chi connectivity index (χ1v) is 7.51. The van der Waals surface area contributed by atoms with E-state index in [9.17, 15) is 9.59 Å². The van der Waals surface area contributed by atoms with Crippen LogP contribution >= 0.6 is 0 Å². The van der Waals surface area contributed by atoms with Crippen molar-refractivity contribution >= 4 is 17.5 Å². The SMILES string of the molecule is CC(=O)N(CCC(=O)NCCC(C)C)c1cccc(C)c1. The summed E-state index contributed by atoms with van der Waals surface area (Å²) in [6.45, 7) is 8.87. The van der Waals surface area contributed by atoms with Gasteiger partial charge in [0.15, 0.2) is 0 Å². The van der Waals surface area contributed by atoms with Gasteiger partial charge in [-0.1, -0.05) is 26.0 Å².